The first kappa shape index (κ1) is 15.8. The number of halogens is 1. The zero-order valence-corrected chi connectivity index (χ0v) is 12.9. The second kappa shape index (κ2) is 6.47. The first-order valence-electron chi connectivity index (χ1n) is 6.62. The topological polar surface area (TPSA) is 44.8 Å². The molecule has 116 valence electrons. The van der Waals surface area contributed by atoms with Gasteiger partial charge < -0.3 is 14.2 Å². The summed E-state index contributed by atoms with van der Waals surface area (Å²) >= 11 is 0. The molecule has 0 unspecified atom stereocenters. The van der Waals surface area contributed by atoms with Gasteiger partial charge in [-0.2, -0.15) is 0 Å². The van der Waals surface area contributed by atoms with E-state index in [0.29, 0.717) is 33.9 Å². The Morgan fingerprint density at radius 2 is 1.55 bits per heavy atom. The van der Waals surface area contributed by atoms with Gasteiger partial charge in [-0.25, -0.2) is 4.39 Å². The molecule has 22 heavy (non-hydrogen) atoms. The van der Waals surface area contributed by atoms with Crippen molar-refractivity contribution < 1.29 is 23.4 Å². The summed E-state index contributed by atoms with van der Waals surface area (Å²) in [4.78, 5) is 12.6. The number of hydrogen-bond acceptors (Lipinski definition) is 4. The highest BCUT2D eigenvalue weighted by atomic mass is 19.1. The molecule has 2 rings (SSSR count). The van der Waals surface area contributed by atoms with Crippen LogP contribution in [0.15, 0.2) is 30.3 Å². The van der Waals surface area contributed by atoms with Crippen LogP contribution in [-0.4, -0.2) is 27.1 Å². The Kier molecular flexibility index (Phi) is 4.65. The van der Waals surface area contributed by atoms with Crippen molar-refractivity contribution in [2.45, 2.75) is 6.92 Å². The van der Waals surface area contributed by atoms with Gasteiger partial charge in [-0.3, -0.25) is 4.79 Å². The minimum Gasteiger partial charge on any atom is -0.493 e. The first-order valence-corrected chi connectivity index (χ1v) is 6.62. The van der Waals surface area contributed by atoms with Crippen molar-refractivity contribution >= 4 is 5.78 Å². The third kappa shape index (κ3) is 2.88. The van der Waals surface area contributed by atoms with Crippen LogP contribution in [0.2, 0.25) is 0 Å². The SMILES string of the molecule is COc1cc(C(=O)c2cc(F)ccc2C)cc(OC)c1OC. The Morgan fingerprint density at radius 1 is 0.955 bits per heavy atom. The molecule has 0 atom stereocenters. The van der Waals surface area contributed by atoms with Gasteiger partial charge in [0.2, 0.25) is 5.75 Å². The maximum Gasteiger partial charge on any atom is 0.203 e. The molecule has 0 aromatic heterocycles. The lowest BCUT2D eigenvalue weighted by Crippen LogP contribution is -2.06. The van der Waals surface area contributed by atoms with Gasteiger partial charge in [0.1, 0.15) is 5.82 Å². The van der Waals surface area contributed by atoms with Crippen LogP contribution in [-0.2, 0) is 0 Å². The van der Waals surface area contributed by atoms with E-state index in [1.165, 1.54) is 33.5 Å². The predicted octanol–water partition coefficient (Wildman–Crippen LogP) is 3.39. The molecule has 0 N–H and O–H groups in total. The Hall–Kier alpha value is -2.56. The number of rotatable bonds is 5. The summed E-state index contributed by atoms with van der Waals surface area (Å²) in [5.41, 5.74) is 1.33. The van der Waals surface area contributed by atoms with E-state index in [0.717, 1.165) is 0 Å². The molecule has 0 aliphatic carbocycles. The summed E-state index contributed by atoms with van der Waals surface area (Å²) in [6.07, 6.45) is 0. The number of ether oxygens (including phenoxy) is 3. The third-order valence-corrected chi connectivity index (χ3v) is 3.37. The van der Waals surface area contributed by atoms with Crippen molar-refractivity contribution in [1.29, 1.82) is 0 Å². The molecule has 0 radical (unpaired) electrons. The fraction of sp³-hybridized carbons (Fsp3) is 0.235. The monoisotopic (exact) mass is 304 g/mol. The first-order chi connectivity index (χ1) is 10.5. The van der Waals surface area contributed by atoms with Gasteiger partial charge in [0.15, 0.2) is 17.3 Å². The molecular weight excluding hydrogens is 287 g/mol. The lowest BCUT2D eigenvalue weighted by atomic mass is 9.98. The summed E-state index contributed by atoms with van der Waals surface area (Å²) < 4.78 is 29.1. The van der Waals surface area contributed by atoms with Gasteiger partial charge in [0.05, 0.1) is 21.3 Å². The van der Waals surface area contributed by atoms with Crippen molar-refractivity contribution in [2.75, 3.05) is 21.3 Å². The Bertz CT molecular complexity index is 685. The normalized spacial score (nSPS) is 10.2. The molecule has 2 aromatic carbocycles. The average Bonchev–Trinajstić information content (AvgIpc) is 2.54. The van der Waals surface area contributed by atoms with E-state index in [1.54, 1.807) is 25.1 Å². The van der Waals surface area contributed by atoms with Crippen molar-refractivity contribution in [3.8, 4) is 17.2 Å². The van der Waals surface area contributed by atoms with Gasteiger partial charge in [0, 0.05) is 11.1 Å². The lowest BCUT2D eigenvalue weighted by Gasteiger charge is -2.14. The Balaban J connectivity index is 2.56. The molecule has 0 heterocycles. The van der Waals surface area contributed by atoms with E-state index in [2.05, 4.69) is 0 Å². The Labute approximate surface area is 128 Å². The number of ketones is 1. The number of methoxy groups -OCH3 is 3. The number of hydrogen-bond donors (Lipinski definition) is 0. The number of aryl methyl sites for hydroxylation is 1. The molecule has 0 fully saturated rings. The van der Waals surface area contributed by atoms with Gasteiger partial charge >= 0.3 is 0 Å². The van der Waals surface area contributed by atoms with Gasteiger partial charge in [0.25, 0.3) is 0 Å². The summed E-state index contributed by atoms with van der Waals surface area (Å²) in [5.74, 6) is 0.383. The van der Waals surface area contributed by atoms with Crippen LogP contribution in [0.1, 0.15) is 21.5 Å². The third-order valence-electron chi connectivity index (χ3n) is 3.37. The van der Waals surface area contributed by atoms with E-state index < -0.39 is 5.82 Å². The smallest absolute Gasteiger partial charge is 0.203 e. The largest absolute Gasteiger partial charge is 0.493 e. The average molecular weight is 304 g/mol. The number of benzene rings is 2. The second-order valence-electron chi connectivity index (χ2n) is 4.70. The lowest BCUT2D eigenvalue weighted by molar-refractivity contribution is 0.103. The van der Waals surface area contributed by atoms with Gasteiger partial charge in [-0.15, -0.1) is 0 Å². The molecule has 0 spiro atoms. The van der Waals surface area contributed by atoms with Crippen LogP contribution in [0.25, 0.3) is 0 Å². The maximum atomic E-state index is 13.4. The quantitative estimate of drug-likeness (QED) is 0.794. The molecule has 0 saturated heterocycles. The molecule has 0 saturated carbocycles. The number of carbonyl (C=O) groups is 1. The highest BCUT2D eigenvalue weighted by Crippen LogP contribution is 2.38. The van der Waals surface area contributed by atoms with E-state index in [-0.39, 0.29) is 5.78 Å². The van der Waals surface area contributed by atoms with Crippen LogP contribution in [0.5, 0.6) is 17.2 Å². The van der Waals surface area contributed by atoms with Crippen molar-refractivity contribution in [3.63, 3.8) is 0 Å². The van der Waals surface area contributed by atoms with E-state index >= 15 is 0 Å². The van der Waals surface area contributed by atoms with E-state index in [1.807, 2.05) is 0 Å². The predicted molar refractivity (Wildman–Crippen MR) is 80.7 cm³/mol. The minimum absolute atomic E-state index is 0.300. The summed E-state index contributed by atoms with van der Waals surface area (Å²) in [7, 11) is 4.43. The molecular formula is C17H17FO4. The summed E-state index contributed by atoms with van der Waals surface area (Å²) in [6, 6.07) is 7.21. The highest BCUT2D eigenvalue weighted by Gasteiger charge is 2.19. The second-order valence-corrected chi connectivity index (χ2v) is 4.70. The Morgan fingerprint density at radius 3 is 2.05 bits per heavy atom. The molecule has 5 heteroatoms. The molecule has 2 aromatic rings. The van der Waals surface area contributed by atoms with Gasteiger partial charge in [-0.1, -0.05) is 6.07 Å². The van der Waals surface area contributed by atoms with Crippen LogP contribution in [0.3, 0.4) is 0 Å². The van der Waals surface area contributed by atoms with Crippen LogP contribution >= 0.6 is 0 Å². The molecule has 0 aliphatic heterocycles. The van der Waals surface area contributed by atoms with Crippen LogP contribution in [0.4, 0.5) is 4.39 Å². The fourth-order valence-electron chi connectivity index (χ4n) is 2.21. The maximum absolute atomic E-state index is 13.4. The molecule has 0 bridgehead atoms. The zero-order chi connectivity index (χ0) is 16.3. The zero-order valence-electron chi connectivity index (χ0n) is 12.9. The van der Waals surface area contributed by atoms with Crippen LogP contribution in [0, 0.1) is 12.7 Å². The molecule has 4 nitrogen and oxygen atoms in total. The van der Waals surface area contributed by atoms with E-state index in [4.69, 9.17) is 14.2 Å². The standard InChI is InChI=1S/C17H17FO4/c1-10-5-6-12(18)9-13(10)16(19)11-7-14(20-2)17(22-4)15(8-11)21-3/h5-9H,1-4H3. The van der Waals surface area contributed by atoms with E-state index in [9.17, 15) is 9.18 Å². The fourth-order valence-corrected chi connectivity index (χ4v) is 2.21. The van der Waals surface area contributed by atoms with Crippen molar-refractivity contribution in [1.82, 2.24) is 0 Å². The van der Waals surface area contributed by atoms with Crippen molar-refractivity contribution in [3.05, 3.63) is 52.8 Å². The van der Waals surface area contributed by atoms with Crippen LogP contribution < -0.4 is 14.2 Å². The minimum atomic E-state index is -0.457. The van der Waals surface area contributed by atoms with Crippen molar-refractivity contribution in [2.24, 2.45) is 0 Å². The highest BCUT2D eigenvalue weighted by molar-refractivity contribution is 6.10. The summed E-state index contributed by atoms with van der Waals surface area (Å²) in [5, 5.41) is 0. The number of carbonyl (C=O) groups excluding carboxylic acids is 1. The molecule has 0 aliphatic rings. The van der Waals surface area contributed by atoms with Gasteiger partial charge in [-0.05, 0) is 36.8 Å². The molecule has 0 amide bonds. The summed E-state index contributed by atoms with van der Waals surface area (Å²) in [6.45, 7) is 1.75.